The van der Waals surface area contributed by atoms with Gasteiger partial charge < -0.3 is 25.2 Å². The van der Waals surface area contributed by atoms with Crippen LogP contribution in [0.2, 0.25) is 0 Å². The summed E-state index contributed by atoms with van der Waals surface area (Å²) in [6.07, 6.45) is 0. The number of urea groups is 1. The van der Waals surface area contributed by atoms with Crippen molar-refractivity contribution in [1.82, 2.24) is 10.6 Å². The molecule has 0 unspecified atom stereocenters. The Bertz CT molecular complexity index is 419. The van der Waals surface area contributed by atoms with Crippen molar-refractivity contribution in [3.63, 3.8) is 0 Å². The second-order valence-electron chi connectivity index (χ2n) is 3.53. The first kappa shape index (κ1) is 14.6. The maximum Gasteiger partial charge on any atom is 0.323 e. The van der Waals surface area contributed by atoms with Crippen LogP contribution in [-0.4, -0.2) is 43.9 Å². The highest BCUT2D eigenvalue weighted by Gasteiger charge is 2.02. The molecule has 0 aliphatic heterocycles. The van der Waals surface area contributed by atoms with Crippen LogP contribution in [0.4, 0.5) is 4.79 Å². The van der Waals surface area contributed by atoms with E-state index < -0.39 is 18.5 Å². The van der Waals surface area contributed by atoms with Gasteiger partial charge in [0.05, 0.1) is 13.7 Å². The van der Waals surface area contributed by atoms with Crippen LogP contribution in [0.3, 0.4) is 0 Å². The predicted molar refractivity (Wildman–Crippen MR) is 67.5 cm³/mol. The van der Waals surface area contributed by atoms with Gasteiger partial charge in [-0.1, -0.05) is 0 Å². The van der Waals surface area contributed by atoms with E-state index in [4.69, 9.17) is 14.6 Å². The molecule has 7 nitrogen and oxygen atoms in total. The molecule has 0 fully saturated rings. The van der Waals surface area contributed by atoms with Crippen LogP contribution in [0, 0.1) is 0 Å². The number of methoxy groups -OCH3 is 1. The molecule has 0 bridgehead atoms. The standard InChI is InChI=1S/C12H16N2O5/c1-18-9-2-4-10(5-3-9)19-7-6-13-12(17)14-8-11(15)16/h2-5H,6-8H2,1H3,(H,15,16)(H2,13,14,17). The van der Waals surface area contributed by atoms with Crippen LogP contribution in [0.5, 0.6) is 11.5 Å². The summed E-state index contributed by atoms with van der Waals surface area (Å²) in [6.45, 7) is 0.148. The van der Waals surface area contributed by atoms with Gasteiger partial charge in [-0.2, -0.15) is 0 Å². The van der Waals surface area contributed by atoms with Gasteiger partial charge in [0.2, 0.25) is 0 Å². The van der Waals surface area contributed by atoms with Crippen molar-refractivity contribution in [2.45, 2.75) is 0 Å². The third kappa shape index (κ3) is 6.16. The summed E-state index contributed by atoms with van der Waals surface area (Å²) in [6, 6.07) is 6.50. The molecule has 0 saturated heterocycles. The Morgan fingerprint density at radius 2 is 1.79 bits per heavy atom. The molecule has 0 heterocycles. The zero-order chi connectivity index (χ0) is 14.1. The van der Waals surface area contributed by atoms with Gasteiger partial charge in [0.15, 0.2) is 0 Å². The number of carboxylic acids is 1. The molecule has 19 heavy (non-hydrogen) atoms. The number of carboxylic acid groups (broad SMARTS) is 1. The lowest BCUT2D eigenvalue weighted by Crippen LogP contribution is -2.40. The quantitative estimate of drug-likeness (QED) is 0.624. The number of amides is 2. The lowest BCUT2D eigenvalue weighted by Gasteiger charge is -2.08. The Balaban J connectivity index is 2.16. The molecule has 0 radical (unpaired) electrons. The first-order valence-corrected chi connectivity index (χ1v) is 5.62. The summed E-state index contributed by atoms with van der Waals surface area (Å²) in [7, 11) is 1.58. The monoisotopic (exact) mass is 268 g/mol. The van der Waals surface area contributed by atoms with E-state index in [0.29, 0.717) is 5.75 Å². The first-order valence-electron chi connectivity index (χ1n) is 5.62. The van der Waals surface area contributed by atoms with Crippen molar-refractivity contribution < 1.29 is 24.2 Å². The number of carbonyl (C=O) groups is 2. The predicted octanol–water partition coefficient (Wildman–Crippen LogP) is 0.458. The first-order chi connectivity index (χ1) is 9.11. The van der Waals surface area contributed by atoms with Crippen LogP contribution in [0.15, 0.2) is 24.3 Å². The third-order valence-electron chi connectivity index (χ3n) is 2.12. The van der Waals surface area contributed by atoms with Gasteiger partial charge in [0, 0.05) is 0 Å². The van der Waals surface area contributed by atoms with Gasteiger partial charge in [-0.15, -0.1) is 0 Å². The average molecular weight is 268 g/mol. The van der Waals surface area contributed by atoms with Gasteiger partial charge in [0.1, 0.15) is 24.7 Å². The second kappa shape index (κ2) is 7.80. The Hall–Kier alpha value is -2.44. The summed E-state index contributed by atoms with van der Waals surface area (Å²) in [5.74, 6) is 0.303. The largest absolute Gasteiger partial charge is 0.497 e. The molecule has 0 aliphatic carbocycles. The fraction of sp³-hybridized carbons (Fsp3) is 0.333. The summed E-state index contributed by atoms with van der Waals surface area (Å²) >= 11 is 0. The molecular formula is C12H16N2O5. The van der Waals surface area contributed by atoms with Gasteiger partial charge >= 0.3 is 12.0 Å². The molecule has 1 rings (SSSR count). The second-order valence-corrected chi connectivity index (χ2v) is 3.53. The fourth-order valence-electron chi connectivity index (χ4n) is 1.22. The maximum atomic E-state index is 11.1. The molecule has 7 heteroatoms. The number of rotatable bonds is 7. The van der Waals surface area contributed by atoms with Crippen molar-refractivity contribution in [2.24, 2.45) is 0 Å². The van der Waals surface area contributed by atoms with Crippen LogP contribution in [0.25, 0.3) is 0 Å². The molecule has 0 spiro atoms. The zero-order valence-electron chi connectivity index (χ0n) is 10.5. The number of benzene rings is 1. The zero-order valence-corrected chi connectivity index (χ0v) is 10.5. The number of carbonyl (C=O) groups excluding carboxylic acids is 1. The van der Waals surface area contributed by atoms with Crippen molar-refractivity contribution in [1.29, 1.82) is 0 Å². The van der Waals surface area contributed by atoms with Crippen LogP contribution >= 0.6 is 0 Å². The molecule has 1 aromatic rings. The minimum Gasteiger partial charge on any atom is -0.497 e. The lowest BCUT2D eigenvalue weighted by molar-refractivity contribution is -0.135. The number of nitrogens with one attached hydrogen (secondary N) is 2. The molecule has 104 valence electrons. The van der Waals surface area contributed by atoms with Crippen LogP contribution < -0.4 is 20.1 Å². The summed E-state index contributed by atoms with van der Waals surface area (Å²) in [4.78, 5) is 21.3. The highest BCUT2D eigenvalue weighted by molar-refractivity contribution is 5.79. The van der Waals surface area contributed by atoms with Gasteiger partial charge in [0.25, 0.3) is 0 Å². The van der Waals surface area contributed by atoms with E-state index in [9.17, 15) is 9.59 Å². The van der Waals surface area contributed by atoms with E-state index in [0.717, 1.165) is 5.75 Å². The lowest BCUT2D eigenvalue weighted by atomic mass is 10.3. The Morgan fingerprint density at radius 3 is 2.37 bits per heavy atom. The number of hydrogen-bond donors (Lipinski definition) is 3. The van der Waals surface area contributed by atoms with E-state index in [1.54, 1.807) is 31.4 Å². The summed E-state index contributed by atoms with van der Waals surface area (Å²) in [5, 5.41) is 13.0. The molecule has 0 saturated carbocycles. The number of aliphatic carboxylic acids is 1. The topological polar surface area (TPSA) is 96.9 Å². The highest BCUT2D eigenvalue weighted by atomic mass is 16.5. The van der Waals surface area contributed by atoms with E-state index in [2.05, 4.69) is 10.6 Å². The molecular weight excluding hydrogens is 252 g/mol. The fourth-order valence-corrected chi connectivity index (χ4v) is 1.22. The van der Waals surface area contributed by atoms with Crippen LogP contribution in [0.1, 0.15) is 0 Å². The van der Waals surface area contributed by atoms with E-state index >= 15 is 0 Å². The van der Waals surface area contributed by atoms with Gasteiger partial charge in [-0.25, -0.2) is 4.79 Å². The van der Waals surface area contributed by atoms with Crippen LogP contribution in [-0.2, 0) is 4.79 Å². The number of hydrogen-bond acceptors (Lipinski definition) is 4. The van der Waals surface area contributed by atoms with Gasteiger partial charge in [-0.05, 0) is 24.3 Å². The van der Waals surface area contributed by atoms with E-state index in [1.807, 2.05) is 0 Å². The minimum atomic E-state index is -1.09. The van der Waals surface area contributed by atoms with Crippen molar-refractivity contribution in [2.75, 3.05) is 26.8 Å². The SMILES string of the molecule is COc1ccc(OCCNC(=O)NCC(=O)O)cc1. The van der Waals surface area contributed by atoms with Gasteiger partial charge in [-0.3, -0.25) is 4.79 Å². The summed E-state index contributed by atoms with van der Waals surface area (Å²) in [5.41, 5.74) is 0. The van der Waals surface area contributed by atoms with Crippen molar-refractivity contribution in [3.8, 4) is 11.5 Å². The van der Waals surface area contributed by atoms with E-state index in [-0.39, 0.29) is 13.2 Å². The van der Waals surface area contributed by atoms with Crippen molar-refractivity contribution in [3.05, 3.63) is 24.3 Å². The Morgan fingerprint density at radius 1 is 1.16 bits per heavy atom. The van der Waals surface area contributed by atoms with E-state index in [1.165, 1.54) is 0 Å². The molecule has 0 atom stereocenters. The molecule has 2 amide bonds. The molecule has 1 aromatic carbocycles. The average Bonchev–Trinajstić information content (AvgIpc) is 2.42. The maximum absolute atomic E-state index is 11.1. The third-order valence-corrected chi connectivity index (χ3v) is 2.12. The number of ether oxygens (including phenoxy) is 2. The summed E-state index contributed by atoms with van der Waals surface area (Å²) < 4.78 is 10.4. The Labute approximate surface area is 110 Å². The molecule has 3 N–H and O–H groups in total. The highest BCUT2D eigenvalue weighted by Crippen LogP contribution is 2.16. The van der Waals surface area contributed by atoms with Crippen molar-refractivity contribution >= 4 is 12.0 Å². The molecule has 0 aromatic heterocycles. The minimum absolute atomic E-state index is 0.275. The smallest absolute Gasteiger partial charge is 0.323 e. The normalized spacial score (nSPS) is 9.53. The Kier molecular flexibility index (Phi) is 6.00. The molecule has 0 aliphatic rings.